The van der Waals surface area contributed by atoms with Crippen LogP contribution in [0.1, 0.15) is 26.7 Å². The molecule has 2 saturated heterocycles. The summed E-state index contributed by atoms with van der Waals surface area (Å²) in [6.07, 6.45) is 1.57. The molecular weight excluding hydrogens is 260 g/mol. The number of rotatable bonds is 4. The van der Waals surface area contributed by atoms with Crippen LogP contribution in [0.5, 0.6) is 0 Å². The molecule has 0 saturated carbocycles. The summed E-state index contributed by atoms with van der Waals surface area (Å²) < 4.78 is 0. The number of carboxylic acid groups (broad SMARTS) is 1. The van der Waals surface area contributed by atoms with Crippen LogP contribution in [-0.4, -0.2) is 71.1 Å². The van der Waals surface area contributed by atoms with Gasteiger partial charge in [0.05, 0.1) is 6.42 Å². The van der Waals surface area contributed by atoms with Gasteiger partial charge < -0.3 is 10.0 Å². The Morgan fingerprint density at radius 2 is 2.00 bits per heavy atom. The molecule has 0 aromatic carbocycles. The van der Waals surface area contributed by atoms with Gasteiger partial charge in [0.15, 0.2) is 0 Å². The average molecular weight is 286 g/mol. The van der Waals surface area contributed by atoms with E-state index in [0.717, 1.165) is 32.2 Å². The third-order valence-electron chi connectivity index (χ3n) is 4.16. The van der Waals surface area contributed by atoms with Crippen molar-refractivity contribution in [2.24, 2.45) is 5.41 Å². The molecule has 2 heterocycles. The molecule has 0 bridgehead atoms. The lowest BCUT2D eigenvalue weighted by Gasteiger charge is -2.44. The van der Waals surface area contributed by atoms with Crippen molar-refractivity contribution in [2.45, 2.75) is 32.7 Å². The molecule has 2 aliphatic heterocycles. The second-order valence-electron chi connectivity index (χ2n) is 6.56. The van der Waals surface area contributed by atoms with Gasteiger partial charge in [-0.3, -0.25) is 9.69 Å². The van der Waals surface area contributed by atoms with Crippen LogP contribution >= 0.6 is 11.8 Å². The van der Waals surface area contributed by atoms with Gasteiger partial charge in [-0.05, 0) is 17.6 Å². The van der Waals surface area contributed by atoms with Crippen LogP contribution in [0.4, 0.5) is 0 Å². The number of hydrogen-bond acceptors (Lipinski definition) is 4. The van der Waals surface area contributed by atoms with E-state index in [4.69, 9.17) is 5.11 Å². The van der Waals surface area contributed by atoms with Gasteiger partial charge in [-0.2, -0.15) is 11.8 Å². The van der Waals surface area contributed by atoms with Crippen molar-refractivity contribution < 1.29 is 9.90 Å². The Morgan fingerprint density at radius 3 is 2.58 bits per heavy atom. The van der Waals surface area contributed by atoms with Crippen LogP contribution in [0.2, 0.25) is 0 Å². The smallest absolute Gasteiger partial charge is 0.304 e. The molecular formula is C14H26N2O2S. The standard InChI is InChI=1S/C14H26N2O2S/c1-14(2)9-12(10-19-11-14)16-7-5-15(6-8-16)4-3-13(17)18/h12H,3-11H2,1-2H3,(H,17,18). The largest absolute Gasteiger partial charge is 0.481 e. The zero-order chi connectivity index (χ0) is 13.9. The monoisotopic (exact) mass is 286 g/mol. The van der Waals surface area contributed by atoms with Gasteiger partial charge in [0, 0.05) is 44.5 Å². The van der Waals surface area contributed by atoms with Gasteiger partial charge in [0.2, 0.25) is 0 Å². The van der Waals surface area contributed by atoms with E-state index in [2.05, 4.69) is 35.4 Å². The molecule has 0 amide bonds. The fourth-order valence-electron chi connectivity index (χ4n) is 3.07. The molecule has 5 heteroatoms. The van der Waals surface area contributed by atoms with Gasteiger partial charge in [0.1, 0.15) is 0 Å². The Morgan fingerprint density at radius 1 is 1.32 bits per heavy atom. The van der Waals surface area contributed by atoms with Gasteiger partial charge in [0.25, 0.3) is 0 Å². The van der Waals surface area contributed by atoms with Crippen LogP contribution in [0.3, 0.4) is 0 Å². The highest BCUT2D eigenvalue weighted by Crippen LogP contribution is 2.35. The van der Waals surface area contributed by atoms with Crippen molar-refractivity contribution >= 4 is 17.7 Å². The van der Waals surface area contributed by atoms with E-state index in [-0.39, 0.29) is 6.42 Å². The summed E-state index contributed by atoms with van der Waals surface area (Å²) in [7, 11) is 0. The number of piperazine rings is 1. The van der Waals surface area contributed by atoms with Gasteiger partial charge in [-0.15, -0.1) is 0 Å². The van der Waals surface area contributed by atoms with Gasteiger partial charge in [-0.1, -0.05) is 13.8 Å². The van der Waals surface area contributed by atoms with Crippen LogP contribution in [-0.2, 0) is 4.79 Å². The third-order valence-corrected chi connectivity index (χ3v) is 5.76. The van der Waals surface area contributed by atoms with Crippen molar-refractivity contribution in [2.75, 3.05) is 44.2 Å². The third kappa shape index (κ3) is 4.65. The van der Waals surface area contributed by atoms with Crippen LogP contribution < -0.4 is 0 Å². The second kappa shape index (κ2) is 6.46. The summed E-state index contributed by atoms with van der Waals surface area (Å²) in [6.45, 7) is 9.68. The Hall–Kier alpha value is -0.260. The molecule has 2 aliphatic rings. The number of aliphatic carboxylic acids is 1. The van der Waals surface area contributed by atoms with Crippen LogP contribution in [0, 0.1) is 5.41 Å². The second-order valence-corrected chi connectivity index (χ2v) is 7.59. The lowest BCUT2D eigenvalue weighted by Crippen LogP contribution is -2.53. The van der Waals surface area contributed by atoms with E-state index in [0.29, 0.717) is 12.0 Å². The van der Waals surface area contributed by atoms with Crippen molar-refractivity contribution in [3.05, 3.63) is 0 Å². The molecule has 19 heavy (non-hydrogen) atoms. The quantitative estimate of drug-likeness (QED) is 0.850. The van der Waals surface area contributed by atoms with E-state index in [1.165, 1.54) is 17.9 Å². The Labute approximate surface area is 120 Å². The van der Waals surface area contributed by atoms with Crippen molar-refractivity contribution in [1.82, 2.24) is 9.80 Å². The molecule has 0 aliphatic carbocycles. The number of thioether (sulfide) groups is 1. The van der Waals surface area contributed by atoms with E-state index < -0.39 is 5.97 Å². The van der Waals surface area contributed by atoms with Crippen LogP contribution in [0.25, 0.3) is 0 Å². The summed E-state index contributed by atoms with van der Waals surface area (Å²) in [5.74, 6) is 1.86. The number of nitrogens with zero attached hydrogens (tertiary/aromatic N) is 2. The average Bonchev–Trinajstić information content (AvgIpc) is 2.36. The molecule has 0 aromatic rings. The molecule has 110 valence electrons. The SMILES string of the molecule is CC1(C)CSCC(N2CCN(CCC(=O)O)CC2)C1. The first kappa shape index (κ1) is 15.1. The highest BCUT2D eigenvalue weighted by molar-refractivity contribution is 7.99. The molecule has 1 N–H and O–H groups in total. The minimum Gasteiger partial charge on any atom is -0.481 e. The molecule has 0 radical (unpaired) electrons. The minimum absolute atomic E-state index is 0.270. The highest BCUT2D eigenvalue weighted by Gasteiger charge is 2.33. The first-order valence-corrected chi connectivity index (χ1v) is 8.38. The molecule has 2 fully saturated rings. The predicted molar refractivity (Wildman–Crippen MR) is 79.8 cm³/mol. The summed E-state index contributed by atoms with van der Waals surface area (Å²) >= 11 is 2.09. The molecule has 1 atom stereocenters. The predicted octanol–water partition coefficient (Wildman–Crippen LogP) is 1.61. The van der Waals surface area contributed by atoms with Crippen molar-refractivity contribution in [1.29, 1.82) is 0 Å². The van der Waals surface area contributed by atoms with E-state index >= 15 is 0 Å². The fraction of sp³-hybridized carbons (Fsp3) is 0.929. The Bertz CT molecular complexity index is 315. The molecule has 2 rings (SSSR count). The molecule has 4 nitrogen and oxygen atoms in total. The summed E-state index contributed by atoms with van der Waals surface area (Å²) in [5.41, 5.74) is 0.466. The normalized spacial score (nSPS) is 29.3. The first-order chi connectivity index (χ1) is 8.96. The number of carboxylic acids is 1. The zero-order valence-corrected chi connectivity index (χ0v) is 12.9. The van der Waals surface area contributed by atoms with Crippen molar-refractivity contribution in [3.63, 3.8) is 0 Å². The molecule has 0 spiro atoms. The van der Waals surface area contributed by atoms with Gasteiger partial charge in [-0.25, -0.2) is 0 Å². The lowest BCUT2D eigenvalue weighted by atomic mass is 9.87. The van der Waals surface area contributed by atoms with Crippen LogP contribution in [0.15, 0.2) is 0 Å². The van der Waals surface area contributed by atoms with E-state index in [1.807, 2.05) is 0 Å². The highest BCUT2D eigenvalue weighted by atomic mass is 32.2. The minimum atomic E-state index is -0.687. The summed E-state index contributed by atoms with van der Waals surface area (Å²) in [6, 6.07) is 0.718. The number of hydrogen-bond donors (Lipinski definition) is 1. The van der Waals surface area contributed by atoms with Crippen molar-refractivity contribution in [3.8, 4) is 0 Å². The Kier molecular flexibility index (Phi) is 5.15. The fourth-order valence-corrected chi connectivity index (χ4v) is 4.46. The first-order valence-electron chi connectivity index (χ1n) is 7.22. The van der Waals surface area contributed by atoms with E-state index in [9.17, 15) is 4.79 Å². The van der Waals surface area contributed by atoms with E-state index in [1.54, 1.807) is 0 Å². The molecule has 0 aromatic heterocycles. The Balaban J connectivity index is 1.75. The maximum atomic E-state index is 10.6. The topological polar surface area (TPSA) is 43.8 Å². The zero-order valence-electron chi connectivity index (χ0n) is 12.1. The summed E-state index contributed by atoms with van der Waals surface area (Å²) in [4.78, 5) is 15.5. The molecule has 1 unspecified atom stereocenters. The maximum absolute atomic E-state index is 10.6. The lowest BCUT2D eigenvalue weighted by molar-refractivity contribution is -0.137. The van der Waals surface area contributed by atoms with Gasteiger partial charge >= 0.3 is 5.97 Å². The number of carbonyl (C=O) groups is 1. The summed E-state index contributed by atoms with van der Waals surface area (Å²) in [5, 5.41) is 8.72. The maximum Gasteiger partial charge on any atom is 0.304 e.